The van der Waals surface area contributed by atoms with E-state index in [0.717, 1.165) is 25.9 Å². The Labute approximate surface area is 168 Å². The average molecular weight is 425 g/mol. The van der Waals surface area contributed by atoms with Gasteiger partial charge in [-0.1, -0.05) is 6.42 Å². The molecular weight excluding hydrogens is 402 g/mol. The van der Waals surface area contributed by atoms with E-state index in [2.05, 4.69) is 10.2 Å². The molecule has 1 fully saturated rings. The van der Waals surface area contributed by atoms with Crippen molar-refractivity contribution in [2.24, 2.45) is 0 Å². The topological polar surface area (TPSA) is 133 Å². The van der Waals surface area contributed by atoms with Gasteiger partial charge in [0.2, 0.25) is 0 Å². The van der Waals surface area contributed by atoms with E-state index < -0.39 is 34.4 Å². The number of carboxylic acid groups (broad SMARTS) is 1. The lowest BCUT2D eigenvalue weighted by atomic mass is 10.1. The molecule has 2 amide bonds. The third kappa shape index (κ3) is 5.31. The van der Waals surface area contributed by atoms with Gasteiger partial charge in [-0.25, -0.2) is 4.18 Å². The predicted octanol–water partition coefficient (Wildman–Crippen LogP) is 0.569. The van der Waals surface area contributed by atoms with Crippen LogP contribution in [0.3, 0.4) is 0 Å². The number of likely N-dealkylation sites (tertiary alicyclic amines) is 1. The van der Waals surface area contributed by atoms with Crippen molar-refractivity contribution < 1.29 is 32.1 Å². The van der Waals surface area contributed by atoms with Crippen molar-refractivity contribution in [3.63, 3.8) is 0 Å². The summed E-state index contributed by atoms with van der Waals surface area (Å²) < 4.78 is 29.0. The summed E-state index contributed by atoms with van der Waals surface area (Å²) in [5, 5.41) is 11.6. The second-order valence-electron chi connectivity index (χ2n) is 6.95. The molecule has 0 atom stereocenters. The van der Waals surface area contributed by atoms with Gasteiger partial charge < -0.3 is 15.3 Å². The summed E-state index contributed by atoms with van der Waals surface area (Å²) >= 11 is 0. The summed E-state index contributed by atoms with van der Waals surface area (Å²) in [6.07, 6.45) is 3.32. The van der Waals surface area contributed by atoms with Crippen molar-refractivity contribution in [3.8, 4) is 0 Å². The van der Waals surface area contributed by atoms with E-state index in [-0.39, 0.29) is 23.6 Å². The van der Waals surface area contributed by atoms with Gasteiger partial charge in [0.25, 0.3) is 21.9 Å². The largest absolute Gasteiger partial charge is 0.480 e. The molecular formula is C18H23N3O7S. The van der Waals surface area contributed by atoms with E-state index in [1.165, 1.54) is 24.6 Å². The Bertz CT molecular complexity index is 910. The summed E-state index contributed by atoms with van der Waals surface area (Å²) in [5.74, 6) is -2.77. The number of aliphatic carboxylic acids is 1. The average Bonchev–Trinajstić information content (AvgIpc) is 2.91. The van der Waals surface area contributed by atoms with Gasteiger partial charge in [0.1, 0.15) is 13.3 Å². The van der Waals surface area contributed by atoms with Gasteiger partial charge in [-0.05, 0) is 44.1 Å². The Morgan fingerprint density at radius 2 is 1.79 bits per heavy atom. The quantitative estimate of drug-likeness (QED) is 0.331. The SMILES string of the molecule is O=C(O)CN1C(=O)c2ccc(NCOS(=O)(=O)CCN3CCCCC3)cc2C1=O. The highest BCUT2D eigenvalue weighted by Gasteiger charge is 2.36. The van der Waals surface area contributed by atoms with Crippen LogP contribution in [0, 0.1) is 0 Å². The highest BCUT2D eigenvalue weighted by Crippen LogP contribution is 2.25. The molecule has 0 bridgehead atoms. The monoisotopic (exact) mass is 425 g/mol. The maximum Gasteiger partial charge on any atom is 0.323 e. The molecule has 29 heavy (non-hydrogen) atoms. The number of nitrogens with zero attached hydrogens (tertiary/aromatic N) is 2. The second kappa shape index (κ2) is 8.89. The van der Waals surface area contributed by atoms with Crippen LogP contribution < -0.4 is 5.32 Å². The van der Waals surface area contributed by atoms with Crippen LogP contribution in [0.5, 0.6) is 0 Å². The van der Waals surface area contributed by atoms with Crippen LogP contribution in [-0.2, 0) is 19.1 Å². The Morgan fingerprint density at radius 1 is 1.10 bits per heavy atom. The molecule has 0 aliphatic carbocycles. The number of rotatable bonds is 9. The number of hydrogen-bond acceptors (Lipinski definition) is 8. The molecule has 2 heterocycles. The number of anilines is 1. The maximum absolute atomic E-state index is 12.2. The minimum atomic E-state index is -3.70. The number of nitrogens with one attached hydrogen (secondary N) is 1. The van der Waals surface area contributed by atoms with Crippen molar-refractivity contribution >= 4 is 33.6 Å². The molecule has 1 saturated heterocycles. The Hall–Kier alpha value is -2.50. The fourth-order valence-electron chi connectivity index (χ4n) is 3.36. The molecule has 11 heteroatoms. The molecule has 2 aliphatic heterocycles. The van der Waals surface area contributed by atoms with Gasteiger partial charge in [0.05, 0.1) is 16.9 Å². The van der Waals surface area contributed by atoms with Crippen molar-refractivity contribution in [1.82, 2.24) is 9.80 Å². The minimum Gasteiger partial charge on any atom is -0.480 e. The van der Waals surface area contributed by atoms with Crippen LogP contribution >= 0.6 is 0 Å². The van der Waals surface area contributed by atoms with Crippen molar-refractivity contribution in [1.29, 1.82) is 0 Å². The first kappa shape index (κ1) is 21.2. The molecule has 0 saturated carbocycles. The number of fused-ring (bicyclic) bond motifs is 1. The van der Waals surface area contributed by atoms with Crippen LogP contribution in [-0.4, -0.2) is 79.8 Å². The van der Waals surface area contributed by atoms with Crippen LogP contribution in [0.25, 0.3) is 0 Å². The molecule has 2 aliphatic rings. The molecule has 10 nitrogen and oxygen atoms in total. The molecule has 1 aromatic rings. The van der Waals surface area contributed by atoms with Crippen molar-refractivity contribution in [2.45, 2.75) is 19.3 Å². The standard InChI is InChI=1S/C18H23N3O7S/c22-16(23)11-21-17(24)14-5-4-13(10-15(14)18(21)25)19-12-28-29(26,27)9-8-20-6-2-1-3-7-20/h4-5,10,19H,1-3,6-9,11-12H2,(H,22,23). The number of benzene rings is 1. The Morgan fingerprint density at radius 3 is 2.48 bits per heavy atom. The molecule has 2 N–H and O–H groups in total. The minimum absolute atomic E-state index is 0.0641. The molecule has 0 aromatic heterocycles. The zero-order valence-electron chi connectivity index (χ0n) is 15.8. The lowest BCUT2D eigenvalue weighted by Crippen LogP contribution is -2.34. The highest BCUT2D eigenvalue weighted by molar-refractivity contribution is 7.86. The van der Waals surface area contributed by atoms with E-state index >= 15 is 0 Å². The smallest absolute Gasteiger partial charge is 0.323 e. The summed E-state index contributed by atoms with van der Waals surface area (Å²) in [4.78, 5) is 37.9. The van der Waals surface area contributed by atoms with E-state index in [9.17, 15) is 22.8 Å². The van der Waals surface area contributed by atoms with Gasteiger partial charge in [-0.3, -0.25) is 19.3 Å². The molecule has 158 valence electrons. The Balaban J connectivity index is 1.53. The van der Waals surface area contributed by atoms with Gasteiger partial charge >= 0.3 is 5.97 Å². The van der Waals surface area contributed by atoms with Gasteiger partial charge in [0.15, 0.2) is 0 Å². The van der Waals surface area contributed by atoms with Gasteiger partial charge in [0, 0.05) is 12.2 Å². The third-order valence-electron chi connectivity index (χ3n) is 4.89. The number of hydrogen-bond donors (Lipinski definition) is 2. The summed E-state index contributed by atoms with van der Waals surface area (Å²) in [6.45, 7) is 1.19. The van der Waals surface area contributed by atoms with Crippen molar-refractivity contribution in [2.75, 3.05) is 44.0 Å². The van der Waals surface area contributed by atoms with Gasteiger partial charge in [-0.2, -0.15) is 8.42 Å². The summed E-state index contributed by atoms with van der Waals surface area (Å²) in [7, 11) is -3.70. The van der Waals surface area contributed by atoms with Crippen LogP contribution in [0.4, 0.5) is 5.69 Å². The fourth-order valence-corrected chi connectivity index (χ4v) is 4.20. The second-order valence-corrected chi connectivity index (χ2v) is 8.71. The predicted molar refractivity (Wildman–Crippen MR) is 103 cm³/mol. The number of amides is 2. The zero-order chi connectivity index (χ0) is 21.0. The maximum atomic E-state index is 12.2. The first-order valence-corrected chi connectivity index (χ1v) is 10.9. The van der Waals surface area contributed by atoms with E-state index in [4.69, 9.17) is 9.29 Å². The number of carbonyl (C=O) groups excluding carboxylic acids is 2. The van der Waals surface area contributed by atoms with Crippen LogP contribution in [0.2, 0.25) is 0 Å². The molecule has 0 unspecified atom stereocenters. The number of carbonyl (C=O) groups is 3. The van der Waals surface area contributed by atoms with Crippen molar-refractivity contribution in [3.05, 3.63) is 29.3 Å². The fraction of sp³-hybridized carbons (Fsp3) is 0.500. The normalized spacial score (nSPS) is 17.4. The van der Waals surface area contributed by atoms with E-state index in [0.29, 0.717) is 17.1 Å². The first-order valence-electron chi connectivity index (χ1n) is 9.32. The lowest BCUT2D eigenvalue weighted by molar-refractivity contribution is -0.137. The Kier molecular flexibility index (Phi) is 6.50. The zero-order valence-corrected chi connectivity index (χ0v) is 16.6. The summed E-state index contributed by atoms with van der Waals surface area (Å²) in [6, 6.07) is 4.27. The lowest BCUT2D eigenvalue weighted by Gasteiger charge is -2.25. The highest BCUT2D eigenvalue weighted by atomic mass is 32.2. The molecule has 0 spiro atoms. The molecule has 1 aromatic carbocycles. The number of carboxylic acids is 1. The number of imide groups is 1. The number of piperidine rings is 1. The van der Waals surface area contributed by atoms with Crippen LogP contribution in [0.1, 0.15) is 40.0 Å². The summed E-state index contributed by atoms with van der Waals surface area (Å²) in [5.41, 5.74) is 0.555. The van der Waals surface area contributed by atoms with E-state index in [1.54, 1.807) is 0 Å². The molecule has 3 rings (SSSR count). The van der Waals surface area contributed by atoms with E-state index in [1.807, 2.05) is 0 Å². The third-order valence-corrected chi connectivity index (χ3v) is 6.04. The van der Waals surface area contributed by atoms with Gasteiger partial charge in [-0.15, -0.1) is 0 Å². The van der Waals surface area contributed by atoms with Crippen LogP contribution in [0.15, 0.2) is 18.2 Å². The first-order chi connectivity index (χ1) is 13.8. The molecule has 0 radical (unpaired) electrons.